The van der Waals surface area contributed by atoms with Crippen LogP contribution in [0, 0.1) is 0 Å². The predicted molar refractivity (Wildman–Crippen MR) is 80.9 cm³/mol. The van der Waals surface area contributed by atoms with Crippen molar-refractivity contribution in [3.63, 3.8) is 0 Å². The summed E-state index contributed by atoms with van der Waals surface area (Å²) in [5, 5.41) is 0. The largest absolute Gasteiger partial charge is 0.443 e. The van der Waals surface area contributed by atoms with E-state index in [0.717, 1.165) is 17.7 Å². The first-order valence-electron chi connectivity index (χ1n) is 6.91. The topological polar surface area (TPSA) is 31.2 Å². The molecule has 0 unspecified atom stereocenters. The van der Waals surface area contributed by atoms with E-state index in [1.807, 2.05) is 45.0 Å². The summed E-state index contributed by atoms with van der Waals surface area (Å²) in [6, 6.07) is 12.0. The number of carbonyl (C=O) groups is 1. The van der Waals surface area contributed by atoms with Crippen LogP contribution in [0.15, 0.2) is 42.6 Å². The maximum Gasteiger partial charge on any atom is 0.418 e. The van der Waals surface area contributed by atoms with Crippen molar-refractivity contribution in [3.05, 3.63) is 48.2 Å². The standard InChI is InChI=1S/C17H21NO2/c1-5-13-8-10-14(11-9-13)15-7-6-12-18(15)16(19)20-17(2,3)4/h6-12H,5H2,1-4H3. The van der Waals surface area contributed by atoms with Crippen molar-refractivity contribution in [3.8, 4) is 11.3 Å². The van der Waals surface area contributed by atoms with Crippen molar-refractivity contribution in [1.29, 1.82) is 0 Å². The minimum absolute atomic E-state index is 0.350. The zero-order valence-corrected chi connectivity index (χ0v) is 12.5. The normalized spacial score (nSPS) is 11.4. The molecule has 1 aromatic heterocycles. The number of aromatic nitrogens is 1. The van der Waals surface area contributed by atoms with Crippen molar-refractivity contribution >= 4 is 6.09 Å². The molecule has 0 amide bonds. The van der Waals surface area contributed by atoms with E-state index in [0.29, 0.717) is 0 Å². The number of carbonyl (C=O) groups excluding carboxylic acids is 1. The highest BCUT2D eigenvalue weighted by Gasteiger charge is 2.19. The Bertz CT molecular complexity index is 588. The Hall–Kier alpha value is -2.03. The maximum absolute atomic E-state index is 12.2. The van der Waals surface area contributed by atoms with Crippen LogP contribution in [-0.4, -0.2) is 16.3 Å². The van der Waals surface area contributed by atoms with Gasteiger partial charge in [-0.05, 0) is 50.5 Å². The molecule has 0 saturated carbocycles. The van der Waals surface area contributed by atoms with E-state index in [1.165, 1.54) is 5.56 Å². The van der Waals surface area contributed by atoms with E-state index in [2.05, 4.69) is 19.1 Å². The third-order valence-corrected chi connectivity index (χ3v) is 3.00. The number of benzene rings is 1. The van der Waals surface area contributed by atoms with Crippen LogP contribution in [0.3, 0.4) is 0 Å². The Kier molecular flexibility index (Phi) is 3.98. The van der Waals surface area contributed by atoms with Gasteiger partial charge in [-0.1, -0.05) is 31.2 Å². The van der Waals surface area contributed by atoms with E-state index in [4.69, 9.17) is 4.74 Å². The molecule has 0 aliphatic rings. The lowest BCUT2D eigenvalue weighted by Gasteiger charge is -2.20. The van der Waals surface area contributed by atoms with Crippen LogP contribution in [0.5, 0.6) is 0 Å². The fourth-order valence-corrected chi connectivity index (χ4v) is 2.00. The Morgan fingerprint density at radius 1 is 1.15 bits per heavy atom. The van der Waals surface area contributed by atoms with Crippen LogP contribution >= 0.6 is 0 Å². The van der Waals surface area contributed by atoms with Gasteiger partial charge in [-0.3, -0.25) is 4.57 Å². The van der Waals surface area contributed by atoms with Crippen molar-refractivity contribution in [2.75, 3.05) is 0 Å². The summed E-state index contributed by atoms with van der Waals surface area (Å²) in [6.07, 6.45) is 2.39. The molecule has 0 bridgehead atoms. The van der Waals surface area contributed by atoms with Crippen LogP contribution in [0.25, 0.3) is 11.3 Å². The molecule has 1 heterocycles. The molecule has 0 fully saturated rings. The Morgan fingerprint density at radius 2 is 1.80 bits per heavy atom. The van der Waals surface area contributed by atoms with Crippen molar-refractivity contribution in [2.45, 2.75) is 39.7 Å². The molecule has 2 aromatic rings. The Balaban J connectivity index is 2.30. The lowest BCUT2D eigenvalue weighted by atomic mass is 10.1. The lowest BCUT2D eigenvalue weighted by molar-refractivity contribution is 0.0540. The predicted octanol–water partition coefficient (Wildman–Crippen LogP) is 4.50. The summed E-state index contributed by atoms with van der Waals surface area (Å²) in [6.45, 7) is 7.72. The van der Waals surface area contributed by atoms with Crippen LogP contribution in [0.4, 0.5) is 4.79 Å². The van der Waals surface area contributed by atoms with Gasteiger partial charge in [0.15, 0.2) is 0 Å². The number of hydrogen-bond donors (Lipinski definition) is 0. The van der Waals surface area contributed by atoms with Gasteiger partial charge in [0.25, 0.3) is 0 Å². The third kappa shape index (κ3) is 3.29. The van der Waals surface area contributed by atoms with Crippen LogP contribution in [-0.2, 0) is 11.2 Å². The highest BCUT2D eigenvalue weighted by Crippen LogP contribution is 2.22. The molecule has 3 nitrogen and oxygen atoms in total. The van der Waals surface area contributed by atoms with E-state index in [1.54, 1.807) is 10.8 Å². The van der Waals surface area contributed by atoms with Gasteiger partial charge in [-0.25, -0.2) is 4.79 Å². The molecular formula is C17H21NO2. The molecule has 106 valence electrons. The Morgan fingerprint density at radius 3 is 2.35 bits per heavy atom. The quantitative estimate of drug-likeness (QED) is 0.805. The fourth-order valence-electron chi connectivity index (χ4n) is 2.00. The van der Waals surface area contributed by atoms with E-state index >= 15 is 0 Å². The summed E-state index contributed by atoms with van der Waals surface area (Å²) in [5.41, 5.74) is 2.65. The molecule has 0 atom stereocenters. The number of aryl methyl sites for hydroxylation is 1. The number of nitrogens with zero attached hydrogens (tertiary/aromatic N) is 1. The van der Waals surface area contributed by atoms with Crippen molar-refractivity contribution < 1.29 is 9.53 Å². The zero-order chi connectivity index (χ0) is 14.8. The molecule has 0 N–H and O–H groups in total. The minimum atomic E-state index is -0.495. The summed E-state index contributed by atoms with van der Waals surface area (Å²) in [4.78, 5) is 12.2. The van der Waals surface area contributed by atoms with Gasteiger partial charge in [0.2, 0.25) is 0 Å². The van der Waals surface area contributed by atoms with Gasteiger partial charge in [-0.15, -0.1) is 0 Å². The molecule has 0 aliphatic heterocycles. The first kappa shape index (κ1) is 14.4. The highest BCUT2D eigenvalue weighted by molar-refractivity contribution is 5.78. The molecule has 1 aromatic carbocycles. The summed E-state index contributed by atoms with van der Waals surface area (Å²) in [7, 11) is 0. The first-order chi connectivity index (χ1) is 9.40. The van der Waals surface area contributed by atoms with Gasteiger partial charge in [0.05, 0.1) is 5.69 Å². The van der Waals surface area contributed by atoms with Crippen LogP contribution in [0.2, 0.25) is 0 Å². The Labute approximate surface area is 120 Å². The van der Waals surface area contributed by atoms with E-state index < -0.39 is 5.60 Å². The van der Waals surface area contributed by atoms with Crippen molar-refractivity contribution in [2.24, 2.45) is 0 Å². The number of rotatable bonds is 2. The van der Waals surface area contributed by atoms with Crippen molar-refractivity contribution in [1.82, 2.24) is 4.57 Å². The minimum Gasteiger partial charge on any atom is -0.443 e. The van der Waals surface area contributed by atoms with Gasteiger partial charge >= 0.3 is 6.09 Å². The molecule has 0 saturated heterocycles. The molecule has 0 aliphatic carbocycles. The summed E-state index contributed by atoms with van der Waals surface area (Å²) < 4.78 is 6.96. The van der Waals surface area contributed by atoms with Gasteiger partial charge in [0, 0.05) is 6.20 Å². The second-order valence-electron chi connectivity index (χ2n) is 5.79. The highest BCUT2D eigenvalue weighted by atomic mass is 16.6. The molecule has 3 heteroatoms. The molecular weight excluding hydrogens is 250 g/mol. The molecule has 0 spiro atoms. The zero-order valence-electron chi connectivity index (χ0n) is 12.5. The first-order valence-corrected chi connectivity index (χ1v) is 6.91. The SMILES string of the molecule is CCc1ccc(-c2cccn2C(=O)OC(C)(C)C)cc1. The number of ether oxygens (including phenoxy) is 1. The van der Waals surface area contributed by atoms with Gasteiger partial charge in [-0.2, -0.15) is 0 Å². The van der Waals surface area contributed by atoms with E-state index in [-0.39, 0.29) is 6.09 Å². The monoisotopic (exact) mass is 271 g/mol. The molecule has 0 radical (unpaired) electrons. The fraction of sp³-hybridized carbons (Fsp3) is 0.353. The second kappa shape index (κ2) is 5.53. The number of hydrogen-bond acceptors (Lipinski definition) is 2. The average Bonchev–Trinajstić information content (AvgIpc) is 2.86. The lowest BCUT2D eigenvalue weighted by Crippen LogP contribution is -2.27. The maximum atomic E-state index is 12.2. The average molecular weight is 271 g/mol. The summed E-state index contributed by atoms with van der Waals surface area (Å²) >= 11 is 0. The van der Waals surface area contributed by atoms with E-state index in [9.17, 15) is 4.79 Å². The van der Waals surface area contributed by atoms with Crippen LogP contribution < -0.4 is 0 Å². The molecule has 2 rings (SSSR count). The summed E-state index contributed by atoms with van der Waals surface area (Å²) in [5.74, 6) is 0. The molecule has 20 heavy (non-hydrogen) atoms. The smallest absolute Gasteiger partial charge is 0.418 e. The van der Waals surface area contributed by atoms with Gasteiger partial charge < -0.3 is 4.74 Å². The van der Waals surface area contributed by atoms with Crippen LogP contribution in [0.1, 0.15) is 33.3 Å². The third-order valence-electron chi connectivity index (χ3n) is 3.00. The second-order valence-corrected chi connectivity index (χ2v) is 5.79. The van der Waals surface area contributed by atoms with Gasteiger partial charge in [0.1, 0.15) is 5.60 Å².